The van der Waals surface area contributed by atoms with Crippen molar-refractivity contribution in [1.82, 2.24) is 20.4 Å². The van der Waals surface area contributed by atoms with Gasteiger partial charge in [-0.25, -0.2) is 4.99 Å². The average molecular weight is 501 g/mol. The molecular formula is C21H36IN5O. The van der Waals surface area contributed by atoms with Crippen LogP contribution in [0.25, 0.3) is 0 Å². The third kappa shape index (κ3) is 6.92. The van der Waals surface area contributed by atoms with Gasteiger partial charge in [-0.2, -0.15) is 0 Å². The van der Waals surface area contributed by atoms with Gasteiger partial charge in [0, 0.05) is 51.4 Å². The monoisotopic (exact) mass is 501 g/mol. The number of rotatable bonds is 6. The molecule has 1 aromatic carbocycles. The summed E-state index contributed by atoms with van der Waals surface area (Å²) in [5, 5.41) is 6.95. The van der Waals surface area contributed by atoms with Crippen LogP contribution >= 0.6 is 24.0 Å². The molecule has 0 spiro atoms. The van der Waals surface area contributed by atoms with E-state index in [4.69, 9.17) is 4.99 Å². The SMILES string of the molecule is CCNC(=NCc1ccc(C(=O)N(C)C)cc1)NC1CN(C(C)C)CC1C.I. The summed E-state index contributed by atoms with van der Waals surface area (Å²) in [4.78, 5) is 20.8. The zero-order valence-electron chi connectivity index (χ0n) is 18.0. The Labute approximate surface area is 187 Å². The summed E-state index contributed by atoms with van der Waals surface area (Å²) in [7, 11) is 3.53. The second kappa shape index (κ2) is 11.6. The fourth-order valence-corrected chi connectivity index (χ4v) is 3.29. The van der Waals surface area contributed by atoms with E-state index < -0.39 is 0 Å². The number of nitrogens with one attached hydrogen (secondary N) is 2. The van der Waals surface area contributed by atoms with E-state index in [1.54, 1.807) is 19.0 Å². The highest BCUT2D eigenvalue weighted by atomic mass is 127. The van der Waals surface area contributed by atoms with Crippen LogP contribution in [-0.2, 0) is 6.54 Å². The van der Waals surface area contributed by atoms with Crippen LogP contribution in [0.15, 0.2) is 29.3 Å². The van der Waals surface area contributed by atoms with Crippen LogP contribution in [0.5, 0.6) is 0 Å². The topological polar surface area (TPSA) is 60.0 Å². The Balaban J connectivity index is 0.00000392. The first-order chi connectivity index (χ1) is 12.8. The number of likely N-dealkylation sites (tertiary alicyclic amines) is 1. The molecule has 6 nitrogen and oxygen atoms in total. The van der Waals surface area contributed by atoms with Gasteiger partial charge in [0.1, 0.15) is 0 Å². The van der Waals surface area contributed by atoms with E-state index >= 15 is 0 Å². The molecule has 158 valence electrons. The maximum absolute atomic E-state index is 12.0. The van der Waals surface area contributed by atoms with Crippen molar-refractivity contribution in [2.24, 2.45) is 10.9 Å². The molecule has 0 saturated carbocycles. The summed E-state index contributed by atoms with van der Waals surface area (Å²) < 4.78 is 0. The summed E-state index contributed by atoms with van der Waals surface area (Å²) in [5.41, 5.74) is 1.79. The lowest BCUT2D eigenvalue weighted by molar-refractivity contribution is 0.0827. The number of hydrogen-bond acceptors (Lipinski definition) is 3. The van der Waals surface area contributed by atoms with Crippen molar-refractivity contribution in [3.63, 3.8) is 0 Å². The number of benzene rings is 1. The highest BCUT2D eigenvalue weighted by Crippen LogP contribution is 2.18. The molecule has 1 amide bonds. The minimum Gasteiger partial charge on any atom is -0.357 e. The van der Waals surface area contributed by atoms with Crippen molar-refractivity contribution in [1.29, 1.82) is 0 Å². The standard InChI is InChI=1S/C21H35N5O.HI/c1-7-22-21(24-19-14-26(15(2)3)13-16(19)4)23-12-17-8-10-18(11-9-17)20(27)25(5)6;/h8-11,15-16,19H,7,12-14H2,1-6H3,(H2,22,23,24);1H. The van der Waals surface area contributed by atoms with Crippen LogP contribution < -0.4 is 10.6 Å². The number of hydrogen-bond donors (Lipinski definition) is 2. The highest BCUT2D eigenvalue weighted by Gasteiger charge is 2.31. The quantitative estimate of drug-likeness (QED) is 0.358. The Morgan fingerprint density at radius 3 is 2.39 bits per heavy atom. The zero-order chi connectivity index (χ0) is 20.0. The molecule has 28 heavy (non-hydrogen) atoms. The predicted molar refractivity (Wildman–Crippen MR) is 127 cm³/mol. The van der Waals surface area contributed by atoms with Gasteiger partial charge in [-0.1, -0.05) is 19.1 Å². The number of carbonyl (C=O) groups excluding carboxylic acids is 1. The molecular weight excluding hydrogens is 465 g/mol. The molecule has 2 N–H and O–H groups in total. The molecule has 0 radical (unpaired) electrons. The minimum atomic E-state index is 0. The molecule has 1 aliphatic heterocycles. The molecule has 1 aromatic rings. The van der Waals surface area contributed by atoms with E-state index in [-0.39, 0.29) is 29.9 Å². The van der Waals surface area contributed by atoms with Gasteiger partial charge in [0.05, 0.1) is 6.54 Å². The number of aliphatic imine (C=N–C) groups is 1. The lowest BCUT2D eigenvalue weighted by Crippen LogP contribution is -2.46. The number of guanidine groups is 1. The van der Waals surface area contributed by atoms with Gasteiger partial charge >= 0.3 is 0 Å². The number of carbonyl (C=O) groups is 1. The third-order valence-electron chi connectivity index (χ3n) is 5.06. The molecule has 1 fully saturated rings. The van der Waals surface area contributed by atoms with Crippen LogP contribution in [-0.4, -0.2) is 67.5 Å². The first-order valence-electron chi connectivity index (χ1n) is 9.91. The fourth-order valence-electron chi connectivity index (χ4n) is 3.29. The van der Waals surface area contributed by atoms with Crippen molar-refractivity contribution >= 4 is 35.8 Å². The molecule has 2 rings (SSSR count). The maximum atomic E-state index is 12.0. The van der Waals surface area contributed by atoms with Crippen molar-refractivity contribution in [2.75, 3.05) is 33.7 Å². The maximum Gasteiger partial charge on any atom is 0.253 e. The molecule has 1 aliphatic rings. The molecule has 2 atom stereocenters. The van der Waals surface area contributed by atoms with Gasteiger partial charge in [-0.05, 0) is 44.4 Å². The minimum absolute atomic E-state index is 0. The van der Waals surface area contributed by atoms with E-state index in [0.717, 1.165) is 31.2 Å². The van der Waals surface area contributed by atoms with Crippen molar-refractivity contribution in [3.05, 3.63) is 35.4 Å². The summed E-state index contributed by atoms with van der Waals surface area (Å²) in [5.74, 6) is 1.46. The first kappa shape index (κ1) is 24.7. The summed E-state index contributed by atoms with van der Waals surface area (Å²) in [6, 6.07) is 8.66. The van der Waals surface area contributed by atoms with Gasteiger partial charge in [0.25, 0.3) is 5.91 Å². The Kier molecular flexibility index (Phi) is 10.2. The lowest BCUT2D eigenvalue weighted by atomic mass is 10.1. The Bertz CT molecular complexity index is 645. The normalized spacial score (nSPS) is 20.0. The Morgan fingerprint density at radius 2 is 1.89 bits per heavy atom. The van der Waals surface area contributed by atoms with Gasteiger partial charge in [-0.15, -0.1) is 24.0 Å². The second-order valence-electron chi connectivity index (χ2n) is 7.87. The largest absolute Gasteiger partial charge is 0.357 e. The third-order valence-corrected chi connectivity index (χ3v) is 5.06. The van der Waals surface area contributed by atoms with Crippen molar-refractivity contribution < 1.29 is 4.79 Å². The molecule has 2 unspecified atom stereocenters. The van der Waals surface area contributed by atoms with E-state index in [1.807, 2.05) is 24.3 Å². The number of amides is 1. The van der Waals surface area contributed by atoms with E-state index in [2.05, 4.69) is 43.2 Å². The van der Waals surface area contributed by atoms with Gasteiger partial charge in [0.2, 0.25) is 0 Å². The molecule has 0 bridgehead atoms. The molecule has 0 aromatic heterocycles. The van der Waals surface area contributed by atoms with Crippen LogP contribution in [0.1, 0.15) is 43.6 Å². The summed E-state index contributed by atoms with van der Waals surface area (Å²) in [6.07, 6.45) is 0. The first-order valence-corrected chi connectivity index (χ1v) is 9.91. The van der Waals surface area contributed by atoms with Gasteiger partial charge in [0.15, 0.2) is 5.96 Å². The molecule has 1 saturated heterocycles. The van der Waals surface area contributed by atoms with Crippen LogP contribution in [0.2, 0.25) is 0 Å². The Hall–Kier alpha value is -1.35. The van der Waals surface area contributed by atoms with Crippen LogP contribution in [0.3, 0.4) is 0 Å². The Morgan fingerprint density at radius 1 is 1.25 bits per heavy atom. The summed E-state index contributed by atoms with van der Waals surface area (Å²) in [6.45, 7) is 12.5. The average Bonchev–Trinajstić information content (AvgIpc) is 3.00. The zero-order valence-corrected chi connectivity index (χ0v) is 20.4. The fraction of sp³-hybridized carbons (Fsp3) is 0.619. The van der Waals surface area contributed by atoms with Crippen molar-refractivity contribution in [3.8, 4) is 0 Å². The van der Waals surface area contributed by atoms with Gasteiger partial charge < -0.3 is 15.5 Å². The molecule has 1 heterocycles. The molecule has 0 aliphatic carbocycles. The second-order valence-corrected chi connectivity index (χ2v) is 7.87. The van der Waals surface area contributed by atoms with Crippen LogP contribution in [0.4, 0.5) is 0 Å². The smallest absolute Gasteiger partial charge is 0.253 e. The molecule has 7 heteroatoms. The lowest BCUT2D eigenvalue weighted by Gasteiger charge is -2.22. The van der Waals surface area contributed by atoms with Crippen LogP contribution in [0, 0.1) is 5.92 Å². The highest BCUT2D eigenvalue weighted by molar-refractivity contribution is 14.0. The van der Waals surface area contributed by atoms with Gasteiger partial charge in [-0.3, -0.25) is 9.69 Å². The van der Waals surface area contributed by atoms with E-state index in [1.165, 1.54) is 0 Å². The predicted octanol–water partition coefficient (Wildman–Crippen LogP) is 2.79. The summed E-state index contributed by atoms with van der Waals surface area (Å²) >= 11 is 0. The number of halogens is 1. The van der Waals surface area contributed by atoms with E-state index in [9.17, 15) is 4.79 Å². The van der Waals surface area contributed by atoms with E-state index in [0.29, 0.717) is 30.1 Å². The number of nitrogens with zero attached hydrogens (tertiary/aromatic N) is 3. The van der Waals surface area contributed by atoms with Crippen molar-refractivity contribution in [2.45, 2.75) is 46.3 Å².